The van der Waals surface area contributed by atoms with Gasteiger partial charge in [-0.1, -0.05) is 0 Å². The number of nitrogens with one attached hydrogen (secondary N) is 2. The molecule has 616 valence electrons. The molecule has 106 heavy (non-hydrogen) atoms. The molecule has 9 saturated heterocycles. The molecule has 9 fully saturated rings. The Balaban J connectivity index is 0.944. The van der Waals surface area contributed by atoms with Crippen molar-refractivity contribution in [1.82, 2.24) is 10.6 Å². The van der Waals surface area contributed by atoms with Gasteiger partial charge in [-0.3, -0.25) is 9.59 Å². The van der Waals surface area contributed by atoms with Crippen LogP contribution in [-0.2, 0) is 90.1 Å². The second kappa shape index (κ2) is 37.9. The third kappa shape index (κ3) is 18.4. The van der Waals surface area contributed by atoms with Gasteiger partial charge in [-0.05, 0) is 0 Å². The van der Waals surface area contributed by atoms with E-state index in [0.717, 1.165) is 13.8 Å². The van der Waals surface area contributed by atoms with Gasteiger partial charge in [-0.2, -0.15) is 0 Å². The highest BCUT2D eigenvalue weighted by Gasteiger charge is 2.61. The number of hydrogen-bond donors (Lipinski definition) is 29. The van der Waals surface area contributed by atoms with Crippen LogP contribution in [0.5, 0.6) is 0 Å². The Bertz CT molecular complexity index is 2720. The zero-order valence-corrected chi connectivity index (χ0v) is 56.2. The topological polar surface area (TPSA) is 761 Å². The molecule has 2 amide bonds. The monoisotopic (exact) mass is 1560 g/mol. The van der Waals surface area contributed by atoms with Gasteiger partial charge in [0.2, 0.25) is 11.8 Å². The second-order valence-electron chi connectivity index (χ2n) is 26.6. The van der Waals surface area contributed by atoms with Gasteiger partial charge in [-0.15, -0.1) is 0 Å². The summed E-state index contributed by atoms with van der Waals surface area (Å²) in [5, 5.41) is 302. The Morgan fingerprint density at radius 2 is 0.453 bits per heavy atom. The molecule has 48 nitrogen and oxygen atoms in total. The molecule has 0 bridgehead atoms. The lowest BCUT2D eigenvalue weighted by atomic mass is 9.94. The summed E-state index contributed by atoms with van der Waals surface area (Å²) >= 11 is 0. The van der Waals surface area contributed by atoms with Crippen molar-refractivity contribution < 1.29 is 228 Å². The van der Waals surface area contributed by atoms with Gasteiger partial charge in [0.05, 0.1) is 59.5 Å². The molecule has 0 unspecified atom stereocenters. The van der Waals surface area contributed by atoms with Crippen LogP contribution in [0.15, 0.2) is 0 Å². The van der Waals surface area contributed by atoms with Crippen molar-refractivity contribution in [2.24, 2.45) is 0 Å². The van der Waals surface area contributed by atoms with Gasteiger partial charge in [0.25, 0.3) is 0 Å². The van der Waals surface area contributed by atoms with E-state index >= 15 is 0 Å². The van der Waals surface area contributed by atoms with Crippen molar-refractivity contribution in [3.63, 3.8) is 0 Å². The zero-order chi connectivity index (χ0) is 77.9. The fourth-order valence-electron chi connectivity index (χ4n) is 13.7. The van der Waals surface area contributed by atoms with Crippen LogP contribution >= 0.6 is 0 Å². The van der Waals surface area contributed by atoms with E-state index in [1.165, 1.54) is 0 Å². The van der Waals surface area contributed by atoms with Crippen molar-refractivity contribution in [1.29, 1.82) is 0 Å². The van der Waals surface area contributed by atoms with Crippen molar-refractivity contribution >= 4 is 11.8 Å². The lowest BCUT2D eigenvalue weighted by molar-refractivity contribution is -0.412. The van der Waals surface area contributed by atoms with Crippen LogP contribution in [0.3, 0.4) is 0 Å². The summed E-state index contributed by atoms with van der Waals surface area (Å²) in [6, 6.07) is -3.39. The number of rotatable bonds is 27. The number of carbonyl (C=O) groups excluding carboxylic acids is 2. The molecule has 9 heterocycles. The van der Waals surface area contributed by atoms with Crippen molar-refractivity contribution in [2.75, 3.05) is 59.5 Å². The Morgan fingerprint density at radius 3 is 0.783 bits per heavy atom. The van der Waals surface area contributed by atoms with E-state index in [1.807, 2.05) is 0 Å². The number of aliphatic hydroxyl groups is 27. The second-order valence-corrected chi connectivity index (χ2v) is 26.6. The van der Waals surface area contributed by atoms with Gasteiger partial charge < -0.3 is 229 Å². The van der Waals surface area contributed by atoms with E-state index in [1.54, 1.807) is 0 Å². The lowest BCUT2D eigenvalue weighted by Crippen LogP contribution is -2.70. The minimum absolute atomic E-state index is 0.749. The Kier molecular flexibility index (Phi) is 31.1. The number of carbonyl (C=O) groups is 2. The van der Waals surface area contributed by atoms with E-state index in [-0.39, 0.29) is 0 Å². The SMILES string of the molecule is CC(=O)N[C@@H]1[C@@H](O)[C@H](O[C@@H]2O[C@H](CO)[C@@H](O[C@@H]3O[C@H](CO)[C@@H](O)[C@H](O[C@H]4O[C@H](CO)[C@@H](O)[C@H](O)[C@@H]4O[C@H]4O[C@H](CO)[C@@H](O)[C@H](O)[C@@H]4O[C@H]4O[C@H](CO)[C@@H](O)[C@H](O[C@H]5O[C@H](CO)[C@@H](O)[C@H](O[C@H]6O[C@H](CO)[C@@H](O)[C@H](O)[C@H]6O[C@H]6O[C@H](CO)[C@@H](O)[C@H](O)[C@H]6O)[C@H]5O)[C@@H]4O)[C@@H]3O)[C@H](O)[C@H]2NC(C)=O)[C@@H](CO)O[C@H]1O. The normalized spacial score (nSPS) is 51.2. The van der Waals surface area contributed by atoms with Gasteiger partial charge in [-0.25, -0.2) is 0 Å². The molecule has 9 aliphatic heterocycles. The van der Waals surface area contributed by atoms with Crippen molar-refractivity contribution in [2.45, 2.75) is 290 Å². The number of amides is 2. The van der Waals surface area contributed by atoms with Gasteiger partial charge in [0.15, 0.2) is 56.6 Å². The quantitative estimate of drug-likeness (QED) is 0.0363. The smallest absolute Gasteiger partial charge is 0.217 e. The summed E-state index contributed by atoms with van der Waals surface area (Å²) < 4.78 is 98.3. The summed E-state index contributed by atoms with van der Waals surface area (Å²) in [5.41, 5.74) is 0. The Labute approximate surface area is 598 Å². The summed E-state index contributed by atoms with van der Waals surface area (Å²) in [5.74, 6) is -1.62. The molecule has 9 aliphatic rings. The highest BCUT2D eigenvalue weighted by Crippen LogP contribution is 2.40. The fourth-order valence-corrected chi connectivity index (χ4v) is 13.7. The molecule has 45 atom stereocenters. The number of aliphatic hydroxyl groups excluding tert-OH is 27. The minimum Gasteiger partial charge on any atom is -0.394 e. The summed E-state index contributed by atoms with van der Waals surface area (Å²) in [6.07, 6.45) is -90.7. The molecular formula is C58H98N2O46. The summed E-state index contributed by atoms with van der Waals surface area (Å²) in [7, 11) is 0. The molecule has 0 saturated carbocycles. The predicted molar refractivity (Wildman–Crippen MR) is 320 cm³/mol. The molecule has 29 N–H and O–H groups in total. The Morgan fingerprint density at radius 1 is 0.226 bits per heavy atom. The van der Waals surface area contributed by atoms with E-state index in [2.05, 4.69) is 10.6 Å². The first kappa shape index (κ1) is 87.2. The summed E-state index contributed by atoms with van der Waals surface area (Å²) in [4.78, 5) is 24.7. The zero-order valence-electron chi connectivity index (χ0n) is 56.2. The van der Waals surface area contributed by atoms with Gasteiger partial charge in [0, 0.05) is 13.8 Å². The van der Waals surface area contributed by atoms with Crippen LogP contribution in [-0.4, -0.2) is 485 Å². The van der Waals surface area contributed by atoms with Gasteiger partial charge >= 0.3 is 0 Å². The van der Waals surface area contributed by atoms with Crippen molar-refractivity contribution in [3.05, 3.63) is 0 Å². The number of ether oxygens (including phenoxy) is 17. The largest absolute Gasteiger partial charge is 0.394 e. The maximum atomic E-state index is 12.7. The highest BCUT2D eigenvalue weighted by atomic mass is 16.8. The first-order valence-electron chi connectivity index (χ1n) is 33.7. The molecular weight excluding hydrogens is 1460 g/mol. The average molecular weight is 1560 g/mol. The molecule has 0 aliphatic carbocycles. The number of hydrogen-bond acceptors (Lipinski definition) is 46. The fraction of sp³-hybridized carbons (Fsp3) is 0.966. The molecule has 48 heteroatoms. The maximum Gasteiger partial charge on any atom is 0.217 e. The van der Waals surface area contributed by atoms with Crippen LogP contribution in [0.2, 0.25) is 0 Å². The first-order chi connectivity index (χ1) is 50.3. The average Bonchev–Trinajstić information content (AvgIpc) is 0.771. The maximum absolute atomic E-state index is 12.7. The van der Waals surface area contributed by atoms with Crippen LogP contribution < -0.4 is 10.6 Å². The Hall–Kier alpha value is -2.82. The van der Waals surface area contributed by atoms with E-state index in [4.69, 9.17) is 80.5 Å². The molecule has 0 radical (unpaired) electrons. The third-order valence-electron chi connectivity index (χ3n) is 19.6. The van der Waals surface area contributed by atoms with E-state index in [9.17, 15) is 147 Å². The standard InChI is InChI=1S/C58H98N2O46/c1-12(70)59-23-32(79)42(21(10-68)90-50(23)89)99-51-24(60-13(2)71)33(80)43(22(11-69)98-51)100-53-40(87)45(30(77)19(8-66)92-53)103-57-49(37(84)28(75)16(5-63)96-57)106-58-48(36(83)27(74)17(6-64)97-58)105-55-39(86)44(29(76)18(7-65)94-55)101-54-41(88)46(31(78)20(9-67)93-54)102-56-47(35(82)26(73)15(4-62)95-56)104-52-38(85)34(81)25(72)14(3-61)91-52/h14-58,61-69,72-89H,3-11H2,1-2H3,(H,59,70)(H,60,71)/t14-,15-,16-,17-,18-,19-,20-,21-,22-,23-,24-,25-,26-,27-,28-,29-,30-,31-,32-,33-,34+,35+,36+,37+,38-,39+,40+,41-,42-,43-,44+,45+,46+,47-,48+,49+,50-,51+,52-,53+,54-,55-,56-,57-,58-/m1/s1. The van der Waals surface area contributed by atoms with Crippen molar-refractivity contribution in [3.8, 4) is 0 Å². The van der Waals surface area contributed by atoms with Crippen LogP contribution in [0.4, 0.5) is 0 Å². The van der Waals surface area contributed by atoms with E-state index in [0.29, 0.717) is 0 Å². The third-order valence-corrected chi connectivity index (χ3v) is 19.6. The van der Waals surface area contributed by atoms with Crippen LogP contribution in [0.1, 0.15) is 13.8 Å². The lowest BCUT2D eigenvalue weighted by Gasteiger charge is -2.51. The van der Waals surface area contributed by atoms with Crippen LogP contribution in [0, 0.1) is 0 Å². The van der Waals surface area contributed by atoms with Gasteiger partial charge in [0.1, 0.15) is 220 Å². The highest BCUT2D eigenvalue weighted by molar-refractivity contribution is 5.73. The molecule has 0 spiro atoms. The molecule has 9 rings (SSSR count). The minimum atomic E-state index is -2.49. The first-order valence-corrected chi connectivity index (χ1v) is 33.7. The van der Waals surface area contributed by atoms with Crippen LogP contribution in [0.25, 0.3) is 0 Å². The van der Waals surface area contributed by atoms with E-state index < -0.39 is 348 Å². The molecule has 0 aromatic carbocycles. The molecule has 0 aromatic rings. The molecule has 0 aromatic heterocycles. The summed E-state index contributed by atoms with van der Waals surface area (Å²) in [6.45, 7) is -7.82. The predicted octanol–water partition coefficient (Wildman–Crippen LogP) is -20.3.